The molecule has 1 heterocycles. The first-order valence-electron chi connectivity index (χ1n) is 8.40. The van der Waals surface area contributed by atoms with Crippen molar-refractivity contribution in [3.05, 3.63) is 82.7 Å². The molecule has 0 radical (unpaired) electrons. The Hall–Kier alpha value is -2.88. The molecule has 0 aliphatic carbocycles. The average Bonchev–Trinajstić information content (AvgIpc) is 2.90. The van der Waals surface area contributed by atoms with Gasteiger partial charge in [-0.25, -0.2) is 4.68 Å². The number of aryl methyl sites for hydroxylation is 2. The van der Waals surface area contributed by atoms with Crippen LogP contribution in [0.3, 0.4) is 0 Å². The Labute approximate surface area is 148 Å². The molecule has 1 amide bonds. The van der Waals surface area contributed by atoms with Crippen LogP contribution < -0.4 is 0 Å². The topological polar surface area (TPSA) is 38.1 Å². The predicted octanol–water partition coefficient (Wildman–Crippen LogP) is 4.07. The number of hydrogen-bond acceptors (Lipinski definition) is 2. The first-order chi connectivity index (χ1) is 12.0. The second kappa shape index (κ2) is 6.93. The van der Waals surface area contributed by atoms with Crippen LogP contribution in [0.2, 0.25) is 0 Å². The van der Waals surface area contributed by atoms with Crippen LogP contribution in [0, 0.1) is 20.8 Å². The molecule has 2 aromatic carbocycles. The van der Waals surface area contributed by atoms with Crippen molar-refractivity contribution in [1.82, 2.24) is 14.7 Å². The van der Waals surface area contributed by atoms with Gasteiger partial charge in [0.25, 0.3) is 5.91 Å². The van der Waals surface area contributed by atoms with E-state index < -0.39 is 0 Å². The molecule has 4 heteroatoms. The van der Waals surface area contributed by atoms with Crippen LogP contribution in [-0.2, 0) is 6.54 Å². The third-order valence-corrected chi connectivity index (χ3v) is 4.46. The summed E-state index contributed by atoms with van der Waals surface area (Å²) in [6.07, 6.45) is 0. The van der Waals surface area contributed by atoms with E-state index in [0.29, 0.717) is 12.1 Å². The third kappa shape index (κ3) is 3.33. The van der Waals surface area contributed by atoms with Gasteiger partial charge in [-0.2, -0.15) is 5.10 Å². The van der Waals surface area contributed by atoms with Gasteiger partial charge in [-0.15, -0.1) is 0 Å². The molecule has 0 fully saturated rings. The summed E-state index contributed by atoms with van der Waals surface area (Å²) in [6, 6.07) is 18.1. The number of carbonyl (C=O) groups is 1. The van der Waals surface area contributed by atoms with Crippen molar-refractivity contribution < 1.29 is 4.79 Å². The Morgan fingerprint density at radius 1 is 1.00 bits per heavy atom. The Bertz CT molecular complexity index is 897. The van der Waals surface area contributed by atoms with Crippen molar-refractivity contribution >= 4 is 5.91 Å². The number of benzene rings is 2. The minimum atomic E-state index is -0.00122. The van der Waals surface area contributed by atoms with Gasteiger partial charge in [0.2, 0.25) is 0 Å². The van der Waals surface area contributed by atoms with Gasteiger partial charge in [0.15, 0.2) is 0 Å². The van der Waals surface area contributed by atoms with Crippen LogP contribution in [0.25, 0.3) is 5.69 Å². The lowest BCUT2D eigenvalue weighted by atomic mass is 10.1. The zero-order valence-corrected chi connectivity index (χ0v) is 15.2. The fourth-order valence-corrected chi connectivity index (χ4v) is 3.11. The number of rotatable bonds is 4. The van der Waals surface area contributed by atoms with E-state index in [1.807, 2.05) is 74.1 Å². The van der Waals surface area contributed by atoms with Crippen LogP contribution in [-0.4, -0.2) is 27.6 Å². The molecule has 0 unspecified atom stereocenters. The molecule has 3 rings (SSSR count). The second-order valence-corrected chi connectivity index (χ2v) is 6.39. The van der Waals surface area contributed by atoms with Gasteiger partial charge >= 0.3 is 0 Å². The maximum atomic E-state index is 13.0. The quantitative estimate of drug-likeness (QED) is 0.722. The fourth-order valence-electron chi connectivity index (χ4n) is 3.11. The summed E-state index contributed by atoms with van der Waals surface area (Å²) in [6.45, 7) is 6.48. The van der Waals surface area contributed by atoms with Crippen molar-refractivity contribution in [3.63, 3.8) is 0 Å². The maximum Gasteiger partial charge on any atom is 0.257 e. The molecule has 0 bridgehead atoms. The molecular weight excluding hydrogens is 310 g/mol. The number of amides is 1. The van der Waals surface area contributed by atoms with Crippen LogP contribution in [0.5, 0.6) is 0 Å². The van der Waals surface area contributed by atoms with E-state index >= 15 is 0 Å². The fraction of sp³-hybridized carbons (Fsp3) is 0.238. The van der Waals surface area contributed by atoms with E-state index in [4.69, 9.17) is 0 Å². The minimum Gasteiger partial charge on any atom is -0.337 e. The zero-order chi connectivity index (χ0) is 18.0. The summed E-state index contributed by atoms with van der Waals surface area (Å²) < 4.78 is 1.87. The SMILES string of the molecule is Cc1ccccc1-n1nc(C)c(C(=O)N(C)Cc2ccccc2)c1C. The molecule has 25 heavy (non-hydrogen) atoms. The standard InChI is InChI=1S/C21H23N3O/c1-15-10-8-9-13-19(15)24-17(3)20(16(2)22-24)21(25)23(4)14-18-11-6-5-7-12-18/h5-13H,14H2,1-4H3. The second-order valence-electron chi connectivity index (χ2n) is 6.39. The molecule has 128 valence electrons. The van der Waals surface area contributed by atoms with Crippen molar-refractivity contribution in [2.45, 2.75) is 27.3 Å². The van der Waals surface area contributed by atoms with E-state index in [1.54, 1.807) is 4.90 Å². The number of nitrogens with zero attached hydrogens (tertiary/aromatic N) is 3. The summed E-state index contributed by atoms with van der Waals surface area (Å²) in [5.74, 6) is -0.00122. The molecule has 1 aromatic heterocycles. The minimum absolute atomic E-state index is 0.00122. The summed E-state index contributed by atoms with van der Waals surface area (Å²) in [5, 5.41) is 4.62. The molecule has 0 N–H and O–H groups in total. The van der Waals surface area contributed by atoms with Gasteiger partial charge in [0.1, 0.15) is 0 Å². The summed E-state index contributed by atoms with van der Waals surface area (Å²) in [7, 11) is 1.83. The molecule has 0 saturated heterocycles. The first kappa shape index (κ1) is 17.0. The smallest absolute Gasteiger partial charge is 0.257 e. The van der Waals surface area contributed by atoms with E-state index in [0.717, 1.165) is 28.2 Å². The van der Waals surface area contributed by atoms with Gasteiger partial charge < -0.3 is 4.90 Å². The summed E-state index contributed by atoms with van der Waals surface area (Å²) in [5.41, 5.74) is 5.56. The monoisotopic (exact) mass is 333 g/mol. The molecule has 0 atom stereocenters. The van der Waals surface area contributed by atoms with Gasteiger partial charge in [0.05, 0.1) is 22.6 Å². The average molecular weight is 333 g/mol. The summed E-state index contributed by atoms with van der Waals surface area (Å²) >= 11 is 0. The van der Waals surface area contributed by atoms with Crippen LogP contribution in [0.1, 0.15) is 32.9 Å². The van der Waals surface area contributed by atoms with E-state index in [2.05, 4.69) is 18.1 Å². The normalized spacial score (nSPS) is 10.7. The Morgan fingerprint density at radius 3 is 2.32 bits per heavy atom. The highest BCUT2D eigenvalue weighted by Crippen LogP contribution is 2.22. The number of carbonyl (C=O) groups excluding carboxylic acids is 1. The predicted molar refractivity (Wildman–Crippen MR) is 100 cm³/mol. The van der Waals surface area contributed by atoms with Crippen LogP contribution in [0.4, 0.5) is 0 Å². The number of para-hydroxylation sites is 1. The van der Waals surface area contributed by atoms with Gasteiger partial charge in [-0.3, -0.25) is 4.79 Å². The van der Waals surface area contributed by atoms with Gasteiger partial charge in [-0.1, -0.05) is 48.5 Å². The Kier molecular flexibility index (Phi) is 4.70. The summed E-state index contributed by atoms with van der Waals surface area (Å²) in [4.78, 5) is 14.7. The Balaban J connectivity index is 1.92. The molecule has 3 aromatic rings. The molecule has 4 nitrogen and oxygen atoms in total. The molecule has 0 spiro atoms. The maximum absolute atomic E-state index is 13.0. The molecular formula is C21H23N3O. The lowest BCUT2D eigenvalue weighted by molar-refractivity contribution is 0.0783. The van der Waals surface area contributed by atoms with Crippen molar-refractivity contribution in [2.24, 2.45) is 0 Å². The lowest BCUT2D eigenvalue weighted by Gasteiger charge is -2.17. The molecule has 0 aliphatic heterocycles. The zero-order valence-electron chi connectivity index (χ0n) is 15.2. The highest BCUT2D eigenvalue weighted by Gasteiger charge is 2.22. The largest absolute Gasteiger partial charge is 0.337 e. The Morgan fingerprint density at radius 2 is 1.64 bits per heavy atom. The van der Waals surface area contributed by atoms with E-state index in [9.17, 15) is 4.79 Å². The first-order valence-corrected chi connectivity index (χ1v) is 8.40. The van der Waals surface area contributed by atoms with E-state index in [1.165, 1.54) is 0 Å². The molecule has 0 saturated carbocycles. The van der Waals surface area contributed by atoms with Gasteiger partial charge in [-0.05, 0) is 38.0 Å². The molecule has 0 aliphatic rings. The van der Waals surface area contributed by atoms with Crippen molar-refractivity contribution in [1.29, 1.82) is 0 Å². The van der Waals surface area contributed by atoms with E-state index in [-0.39, 0.29) is 5.91 Å². The van der Waals surface area contributed by atoms with Crippen molar-refractivity contribution in [3.8, 4) is 5.69 Å². The van der Waals surface area contributed by atoms with Crippen LogP contribution in [0.15, 0.2) is 54.6 Å². The van der Waals surface area contributed by atoms with Crippen LogP contribution >= 0.6 is 0 Å². The number of hydrogen-bond donors (Lipinski definition) is 0. The van der Waals surface area contributed by atoms with Crippen molar-refractivity contribution in [2.75, 3.05) is 7.05 Å². The lowest BCUT2D eigenvalue weighted by Crippen LogP contribution is -2.27. The highest BCUT2D eigenvalue weighted by molar-refractivity contribution is 5.96. The number of aromatic nitrogens is 2. The van der Waals surface area contributed by atoms with Gasteiger partial charge in [0, 0.05) is 13.6 Å². The third-order valence-electron chi connectivity index (χ3n) is 4.46. The highest BCUT2D eigenvalue weighted by atomic mass is 16.2.